The van der Waals surface area contributed by atoms with Crippen LogP contribution in [0.25, 0.3) is 22.3 Å². The Bertz CT molecular complexity index is 771. The summed E-state index contributed by atoms with van der Waals surface area (Å²) in [5, 5.41) is 5.47. The van der Waals surface area contributed by atoms with Gasteiger partial charge in [-0.2, -0.15) is 5.10 Å². The van der Waals surface area contributed by atoms with Gasteiger partial charge >= 0.3 is 0 Å². The van der Waals surface area contributed by atoms with Gasteiger partial charge in [-0.3, -0.25) is 9.48 Å². The Morgan fingerprint density at radius 3 is 2.72 bits per heavy atom. The molecule has 3 rings (SSSR count). The van der Waals surface area contributed by atoms with Crippen LogP contribution in [0.3, 0.4) is 0 Å². The van der Waals surface area contributed by atoms with E-state index < -0.39 is 0 Å². The van der Waals surface area contributed by atoms with Gasteiger partial charge < -0.3 is 4.98 Å². The Morgan fingerprint density at radius 1 is 1.28 bits per heavy atom. The lowest BCUT2D eigenvalue weighted by atomic mass is 10.1. The number of hydrogen-bond donors (Lipinski definition) is 1. The number of nitrogens with zero attached hydrogens (tertiary/aromatic N) is 2. The van der Waals surface area contributed by atoms with E-state index in [0.717, 1.165) is 11.3 Å². The van der Waals surface area contributed by atoms with Crippen LogP contribution in [0.1, 0.15) is 0 Å². The van der Waals surface area contributed by atoms with Crippen LogP contribution in [0, 0.1) is 0 Å². The molecular weight excluding hydrogens is 250 g/mol. The molecule has 3 aromatic rings. The van der Waals surface area contributed by atoms with Crippen molar-refractivity contribution in [2.24, 2.45) is 7.05 Å². The zero-order chi connectivity index (χ0) is 12.7. The first-order chi connectivity index (χ1) is 8.63. The van der Waals surface area contributed by atoms with Crippen molar-refractivity contribution in [3.63, 3.8) is 0 Å². The minimum atomic E-state index is -0.0400. The van der Waals surface area contributed by atoms with Crippen molar-refractivity contribution in [2.45, 2.75) is 0 Å². The van der Waals surface area contributed by atoms with Gasteiger partial charge in [-0.05, 0) is 17.7 Å². The van der Waals surface area contributed by atoms with Gasteiger partial charge in [0.05, 0.1) is 11.1 Å². The molecule has 0 spiro atoms. The van der Waals surface area contributed by atoms with Gasteiger partial charge in [0, 0.05) is 24.3 Å². The maximum absolute atomic E-state index is 12.0. The first-order valence-electron chi connectivity index (χ1n) is 5.46. The lowest BCUT2D eigenvalue weighted by Crippen LogP contribution is -2.01. The van der Waals surface area contributed by atoms with E-state index in [-0.39, 0.29) is 5.43 Å². The molecule has 0 atom stereocenters. The number of nitrogens with one attached hydrogen (secondary N) is 1. The number of pyridine rings is 1. The highest BCUT2D eigenvalue weighted by Gasteiger charge is 2.06. The number of fused-ring (bicyclic) bond motifs is 1. The SMILES string of the molecule is Cn1cc2c(=O)cc(-c3ccc(Cl)cc3)[nH]c2n1. The van der Waals surface area contributed by atoms with E-state index in [4.69, 9.17) is 11.6 Å². The van der Waals surface area contributed by atoms with Crippen molar-refractivity contribution in [1.82, 2.24) is 14.8 Å². The van der Waals surface area contributed by atoms with Gasteiger partial charge in [-0.25, -0.2) is 0 Å². The summed E-state index contributed by atoms with van der Waals surface area (Å²) < 4.78 is 1.62. The molecule has 0 aliphatic rings. The zero-order valence-corrected chi connectivity index (χ0v) is 10.4. The molecule has 0 amide bonds. The molecule has 1 N–H and O–H groups in total. The molecule has 4 nitrogen and oxygen atoms in total. The van der Waals surface area contributed by atoms with Crippen LogP contribution < -0.4 is 5.43 Å². The topological polar surface area (TPSA) is 50.7 Å². The number of benzene rings is 1. The highest BCUT2D eigenvalue weighted by Crippen LogP contribution is 2.19. The summed E-state index contributed by atoms with van der Waals surface area (Å²) in [4.78, 5) is 15.1. The number of aromatic nitrogens is 3. The number of aryl methyl sites for hydroxylation is 1. The Balaban J connectivity index is 2.24. The van der Waals surface area contributed by atoms with Gasteiger partial charge in [0.1, 0.15) is 0 Å². The lowest BCUT2D eigenvalue weighted by molar-refractivity contribution is 0.776. The minimum Gasteiger partial charge on any atom is -0.338 e. The number of hydrogen-bond acceptors (Lipinski definition) is 2. The molecule has 0 radical (unpaired) electrons. The predicted octanol–water partition coefficient (Wildman–Crippen LogP) is 2.58. The summed E-state index contributed by atoms with van der Waals surface area (Å²) in [6, 6.07) is 8.88. The third kappa shape index (κ3) is 1.80. The molecule has 0 bridgehead atoms. The second-order valence-corrected chi connectivity index (χ2v) is 4.56. The van der Waals surface area contributed by atoms with Gasteiger partial charge in [0.2, 0.25) is 0 Å². The second-order valence-electron chi connectivity index (χ2n) is 4.12. The fourth-order valence-electron chi connectivity index (χ4n) is 1.92. The van der Waals surface area contributed by atoms with Gasteiger partial charge in [-0.1, -0.05) is 23.7 Å². The monoisotopic (exact) mass is 259 g/mol. The summed E-state index contributed by atoms with van der Waals surface area (Å²) >= 11 is 5.84. The van der Waals surface area contributed by atoms with E-state index in [9.17, 15) is 4.79 Å². The molecule has 0 unspecified atom stereocenters. The molecular formula is C13H10ClN3O. The van der Waals surface area contributed by atoms with E-state index in [1.54, 1.807) is 36.1 Å². The molecule has 2 aromatic heterocycles. The molecule has 0 saturated heterocycles. The zero-order valence-electron chi connectivity index (χ0n) is 9.64. The third-order valence-electron chi connectivity index (χ3n) is 2.78. The average Bonchev–Trinajstić information content (AvgIpc) is 2.71. The minimum absolute atomic E-state index is 0.0400. The summed E-state index contributed by atoms with van der Waals surface area (Å²) in [5.74, 6) is 0. The normalized spacial score (nSPS) is 11.0. The highest BCUT2D eigenvalue weighted by atomic mass is 35.5. The molecule has 18 heavy (non-hydrogen) atoms. The lowest BCUT2D eigenvalue weighted by Gasteiger charge is -2.01. The van der Waals surface area contributed by atoms with E-state index in [0.29, 0.717) is 16.1 Å². The smallest absolute Gasteiger partial charge is 0.193 e. The van der Waals surface area contributed by atoms with Crippen molar-refractivity contribution < 1.29 is 0 Å². The standard InChI is InChI=1S/C13H10ClN3O/c1-17-7-10-12(18)6-11(15-13(10)16-17)8-2-4-9(14)5-3-8/h2-7H,1H3,(H,15,16). The summed E-state index contributed by atoms with van der Waals surface area (Å²) in [6.45, 7) is 0. The first kappa shape index (κ1) is 11.0. The van der Waals surface area contributed by atoms with E-state index in [2.05, 4.69) is 10.1 Å². The quantitative estimate of drug-likeness (QED) is 0.730. The van der Waals surface area contributed by atoms with Crippen LogP contribution in [-0.2, 0) is 7.05 Å². The molecule has 0 aliphatic heterocycles. The average molecular weight is 260 g/mol. The molecule has 0 aliphatic carbocycles. The third-order valence-corrected chi connectivity index (χ3v) is 3.03. The molecule has 0 fully saturated rings. The van der Waals surface area contributed by atoms with Crippen molar-refractivity contribution >= 4 is 22.6 Å². The van der Waals surface area contributed by atoms with E-state index in [1.807, 2.05) is 12.1 Å². The Morgan fingerprint density at radius 2 is 2.00 bits per heavy atom. The maximum Gasteiger partial charge on any atom is 0.193 e. The van der Waals surface area contributed by atoms with Gasteiger partial charge in [-0.15, -0.1) is 0 Å². The van der Waals surface area contributed by atoms with Crippen molar-refractivity contribution in [1.29, 1.82) is 0 Å². The van der Waals surface area contributed by atoms with Crippen LogP contribution in [0.4, 0.5) is 0 Å². The van der Waals surface area contributed by atoms with Crippen LogP contribution in [0.2, 0.25) is 5.02 Å². The summed E-state index contributed by atoms with van der Waals surface area (Å²) in [5.41, 5.74) is 2.20. The van der Waals surface area contributed by atoms with Crippen molar-refractivity contribution in [3.8, 4) is 11.3 Å². The number of aromatic amines is 1. The van der Waals surface area contributed by atoms with Crippen LogP contribution in [0.15, 0.2) is 41.3 Å². The molecule has 1 aromatic carbocycles. The van der Waals surface area contributed by atoms with Crippen LogP contribution in [-0.4, -0.2) is 14.8 Å². The Labute approximate surface area is 108 Å². The maximum atomic E-state index is 12.0. The molecule has 0 saturated carbocycles. The van der Waals surface area contributed by atoms with Crippen LogP contribution in [0.5, 0.6) is 0 Å². The first-order valence-corrected chi connectivity index (χ1v) is 5.84. The highest BCUT2D eigenvalue weighted by molar-refractivity contribution is 6.30. The number of halogens is 1. The molecule has 5 heteroatoms. The second kappa shape index (κ2) is 3.99. The van der Waals surface area contributed by atoms with Crippen molar-refractivity contribution in [3.05, 3.63) is 51.8 Å². The fourth-order valence-corrected chi connectivity index (χ4v) is 2.04. The largest absolute Gasteiger partial charge is 0.338 e. The Hall–Kier alpha value is -2.07. The number of H-pyrrole nitrogens is 1. The fraction of sp³-hybridized carbons (Fsp3) is 0.0769. The summed E-state index contributed by atoms with van der Waals surface area (Å²) in [7, 11) is 1.79. The Kier molecular flexibility index (Phi) is 2.45. The van der Waals surface area contributed by atoms with Gasteiger partial charge in [0.15, 0.2) is 11.1 Å². The van der Waals surface area contributed by atoms with Crippen LogP contribution >= 0.6 is 11.6 Å². The van der Waals surface area contributed by atoms with Crippen molar-refractivity contribution in [2.75, 3.05) is 0 Å². The predicted molar refractivity (Wildman–Crippen MR) is 71.8 cm³/mol. The summed E-state index contributed by atoms with van der Waals surface area (Å²) in [6.07, 6.45) is 1.71. The van der Waals surface area contributed by atoms with E-state index in [1.165, 1.54) is 0 Å². The molecule has 2 heterocycles. The molecule has 90 valence electrons. The number of rotatable bonds is 1. The van der Waals surface area contributed by atoms with E-state index >= 15 is 0 Å². The van der Waals surface area contributed by atoms with Gasteiger partial charge in [0.25, 0.3) is 0 Å².